The predicted octanol–water partition coefficient (Wildman–Crippen LogP) is 1.11. The summed E-state index contributed by atoms with van der Waals surface area (Å²) in [6.07, 6.45) is 4.64. The molecule has 0 spiro atoms. The highest BCUT2D eigenvalue weighted by Gasteiger charge is 1.97. The van der Waals surface area contributed by atoms with E-state index in [0.29, 0.717) is 6.42 Å². The summed E-state index contributed by atoms with van der Waals surface area (Å²) in [5.74, 6) is 0.598. The highest BCUT2D eigenvalue weighted by atomic mass is 16.1. The highest BCUT2D eigenvalue weighted by Crippen LogP contribution is 2.05. The molecule has 0 saturated heterocycles. The number of carbonyl (C=O) groups is 1. The van der Waals surface area contributed by atoms with Crippen molar-refractivity contribution in [2.24, 2.45) is 5.73 Å². The number of nitrogens with one attached hydrogen (secondary N) is 1. The van der Waals surface area contributed by atoms with Crippen molar-refractivity contribution in [3.05, 3.63) is 18.1 Å². The smallest absolute Gasteiger partial charge is 0.217 e. The van der Waals surface area contributed by atoms with Gasteiger partial charge in [0, 0.05) is 24.7 Å². The molecule has 1 aromatic rings. The second-order valence-electron chi connectivity index (χ2n) is 3.60. The van der Waals surface area contributed by atoms with E-state index in [2.05, 4.69) is 22.2 Å². The van der Waals surface area contributed by atoms with Gasteiger partial charge in [-0.25, -0.2) is 9.97 Å². The van der Waals surface area contributed by atoms with Crippen molar-refractivity contribution in [3.63, 3.8) is 0 Å². The van der Waals surface area contributed by atoms with Crippen molar-refractivity contribution in [1.29, 1.82) is 0 Å². The van der Waals surface area contributed by atoms with Crippen LogP contribution < -0.4 is 11.1 Å². The molecule has 0 fully saturated rings. The topological polar surface area (TPSA) is 80.9 Å². The number of amides is 1. The second-order valence-corrected chi connectivity index (χ2v) is 3.60. The Labute approximate surface area is 95.5 Å². The summed E-state index contributed by atoms with van der Waals surface area (Å²) in [4.78, 5) is 18.7. The van der Waals surface area contributed by atoms with Crippen LogP contribution in [-0.4, -0.2) is 22.4 Å². The number of anilines is 1. The molecule has 16 heavy (non-hydrogen) atoms. The average molecular weight is 222 g/mol. The van der Waals surface area contributed by atoms with E-state index in [1.54, 1.807) is 6.33 Å². The first kappa shape index (κ1) is 12.4. The SMILES string of the molecule is CCc1cc(NCCCCC(N)=O)ncn1. The Bertz CT molecular complexity index is 341. The van der Waals surface area contributed by atoms with Gasteiger partial charge in [0.15, 0.2) is 0 Å². The lowest BCUT2D eigenvalue weighted by Crippen LogP contribution is -2.11. The van der Waals surface area contributed by atoms with E-state index in [4.69, 9.17) is 5.73 Å². The molecule has 88 valence electrons. The van der Waals surface area contributed by atoms with Crippen LogP contribution in [0.25, 0.3) is 0 Å². The molecular weight excluding hydrogens is 204 g/mol. The molecule has 1 heterocycles. The minimum Gasteiger partial charge on any atom is -0.370 e. The summed E-state index contributed by atoms with van der Waals surface area (Å²) in [7, 11) is 0. The van der Waals surface area contributed by atoms with E-state index in [0.717, 1.165) is 37.3 Å². The van der Waals surface area contributed by atoms with Gasteiger partial charge < -0.3 is 11.1 Å². The van der Waals surface area contributed by atoms with Gasteiger partial charge in [-0.15, -0.1) is 0 Å². The Morgan fingerprint density at radius 2 is 2.25 bits per heavy atom. The molecule has 1 rings (SSSR count). The number of rotatable bonds is 7. The van der Waals surface area contributed by atoms with Crippen molar-refractivity contribution in [2.75, 3.05) is 11.9 Å². The Balaban J connectivity index is 2.23. The number of primary amides is 1. The van der Waals surface area contributed by atoms with Gasteiger partial charge in [-0.2, -0.15) is 0 Å². The molecule has 0 aliphatic heterocycles. The van der Waals surface area contributed by atoms with Gasteiger partial charge in [-0.1, -0.05) is 6.92 Å². The molecule has 0 unspecified atom stereocenters. The number of unbranched alkanes of at least 4 members (excludes halogenated alkanes) is 1. The summed E-state index contributed by atoms with van der Waals surface area (Å²) in [6, 6.07) is 1.94. The quantitative estimate of drug-likeness (QED) is 0.677. The molecule has 1 aromatic heterocycles. The molecule has 0 aromatic carbocycles. The molecule has 5 heteroatoms. The van der Waals surface area contributed by atoms with Crippen LogP contribution in [0.1, 0.15) is 31.9 Å². The van der Waals surface area contributed by atoms with E-state index in [1.165, 1.54) is 0 Å². The zero-order valence-corrected chi connectivity index (χ0v) is 9.57. The maximum atomic E-state index is 10.5. The van der Waals surface area contributed by atoms with Crippen molar-refractivity contribution in [2.45, 2.75) is 32.6 Å². The average Bonchev–Trinajstić information content (AvgIpc) is 2.28. The third-order valence-electron chi connectivity index (χ3n) is 2.24. The molecule has 0 aliphatic carbocycles. The number of aryl methyl sites for hydroxylation is 1. The summed E-state index contributed by atoms with van der Waals surface area (Å²) in [5, 5.41) is 3.19. The van der Waals surface area contributed by atoms with Gasteiger partial charge in [-0.05, 0) is 19.3 Å². The highest BCUT2D eigenvalue weighted by molar-refractivity contribution is 5.73. The lowest BCUT2D eigenvalue weighted by molar-refractivity contribution is -0.118. The number of hydrogen-bond acceptors (Lipinski definition) is 4. The van der Waals surface area contributed by atoms with E-state index in [1.807, 2.05) is 6.07 Å². The van der Waals surface area contributed by atoms with Gasteiger partial charge in [-0.3, -0.25) is 4.79 Å². The predicted molar refractivity (Wildman–Crippen MR) is 62.9 cm³/mol. The van der Waals surface area contributed by atoms with Gasteiger partial charge in [0.05, 0.1) is 0 Å². The summed E-state index contributed by atoms with van der Waals surface area (Å²) in [6.45, 7) is 2.85. The fourth-order valence-electron chi connectivity index (χ4n) is 1.33. The van der Waals surface area contributed by atoms with Crippen molar-refractivity contribution in [1.82, 2.24) is 9.97 Å². The van der Waals surface area contributed by atoms with Crippen LogP contribution in [0.4, 0.5) is 5.82 Å². The fourth-order valence-corrected chi connectivity index (χ4v) is 1.33. The monoisotopic (exact) mass is 222 g/mol. The zero-order chi connectivity index (χ0) is 11.8. The Hall–Kier alpha value is -1.65. The summed E-state index contributed by atoms with van der Waals surface area (Å²) >= 11 is 0. The first-order valence-electron chi connectivity index (χ1n) is 5.55. The Morgan fingerprint density at radius 3 is 2.94 bits per heavy atom. The lowest BCUT2D eigenvalue weighted by Gasteiger charge is -2.05. The van der Waals surface area contributed by atoms with Crippen molar-refractivity contribution < 1.29 is 4.79 Å². The minimum absolute atomic E-state index is 0.240. The molecule has 5 nitrogen and oxygen atoms in total. The van der Waals surface area contributed by atoms with Crippen LogP contribution in [0, 0.1) is 0 Å². The maximum Gasteiger partial charge on any atom is 0.217 e. The first-order chi connectivity index (χ1) is 7.72. The van der Waals surface area contributed by atoms with Crippen LogP contribution in [0.15, 0.2) is 12.4 Å². The van der Waals surface area contributed by atoms with E-state index < -0.39 is 0 Å². The van der Waals surface area contributed by atoms with Crippen molar-refractivity contribution in [3.8, 4) is 0 Å². The van der Waals surface area contributed by atoms with Crippen LogP contribution in [0.5, 0.6) is 0 Å². The van der Waals surface area contributed by atoms with E-state index >= 15 is 0 Å². The molecule has 0 bridgehead atoms. The zero-order valence-electron chi connectivity index (χ0n) is 9.57. The lowest BCUT2D eigenvalue weighted by atomic mass is 10.2. The third-order valence-corrected chi connectivity index (χ3v) is 2.24. The standard InChI is InChI=1S/C11H18N4O/c1-2-9-7-11(15-8-14-9)13-6-4-3-5-10(12)16/h7-8H,2-6H2,1H3,(H2,12,16)(H,13,14,15). The summed E-state index contributed by atoms with van der Waals surface area (Å²) < 4.78 is 0. The number of carbonyl (C=O) groups excluding carboxylic acids is 1. The molecular formula is C11H18N4O. The molecule has 0 aliphatic rings. The largest absolute Gasteiger partial charge is 0.370 e. The number of nitrogens with zero attached hydrogens (tertiary/aromatic N) is 2. The number of hydrogen-bond donors (Lipinski definition) is 2. The Morgan fingerprint density at radius 1 is 1.44 bits per heavy atom. The van der Waals surface area contributed by atoms with Crippen LogP contribution in [-0.2, 0) is 11.2 Å². The van der Waals surface area contributed by atoms with E-state index in [-0.39, 0.29) is 5.91 Å². The molecule has 0 atom stereocenters. The maximum absolute atomic E-state index is 10.5. The van der Waals surface area contributed by atoms with Crippen LogP contribution >= 0.6 is 0 Å². The molecule has 3 N–H and O–H groups in total. The number of nitrogens with two attached hydrogens (primary N) is 1. The van der Waals surface area contributed by atoms with Crippen molar-refractivity contribution >= 4 is 11.7 Å². The minimum atomic E-state index is -0.240. The number of aromatic nitrogens is 2. The molecule has 0 saturated carbocycles. The van der Waals surface area contributed by atoms with Gasteiger partial charge in [0.25, 0.3) is 0 Å². The van der Waals surface area contributed by atoms with Crippen LogP contribution in [0.3, 0.4) is 0 Å². The van der Waals surface area contributed by atoms with Crippen LogP contribution in [0.2, 0.25) is 0 Å². The summed E-state index contributed by atoms with van der Waals surface area (Å²) in [5.41, 5.74) is 6.07. The van der Waals surface area contributed by atoms with Gasteiger partial charge >= 0.3 is 0 Å². The first-order valence-corrected chi connectivity index (χ1v) is 5.55. The molecule has 0 radical (unpaired) electrons. The van der Waals surface area contributed by atoms with Gasteiger partial charge in [0.2, 0.25) is 5.91 Å². The normalized spacial score (nSPS) is 10.1. The van der Waals surface area contributed by atoms with E-state index in [9.17, 15) is 4.79 Å². The second kappa shape index (κ2) is 6.76. The van der Waals surface area contributed by atoms with Gasteiger partial charge in [0.1, 0.15) is 12.1 Å². The third kappa shape index (κ3) is 4.72. The molecule has 1 amide bonds. The fraction of sp³-hybridized carbons (Fsp3) is 0.545. The Kier molecular flexibility index (Phi) is 5.25.